The highest BCUT2D eigenvalue weighted by atomic mass is 35.5. The molecule has 1 aliphatic carbocycles. The summed E-state index contributed by atoms with van der Waals surface area (Å²) < 4.78 is 13.1. The quantitative estimate of drug-likeness (QED) is 0.905. The van der Waals surface area contributed by atoms with Gasteiger partial charge in [-0.3, -0.25) is 4.98 Å². The molecule has 19 heavy (non-hydrogen) atoms. The molecule has 0 radical (unpaired) electrons. The van der Waals surface area contributed by atoms with Crippen molar-refractivity contribution in [3.63, 3.8) is 0 Å². The van der Waals surface area contributed by atoms with Crippen LogP contribution in [0.15, 0.2) is 24.4 Å². The predicted molar refractivity (Wildman–Crippen MR) is 73.4 cm³/mol. The van der Waals surface area contributed by atoms with Crippen LogP contribution < -0.4 is 5.32 Å². The Kier molecular flexibility index (Phi) is 3.34. The smallest absolute Gasteiger partial charge is 0.149 e. The molecule has 3 nitrogen and oxygen atoms in total. The average Bonchev–Trinajstić information content (AvgIpc) is 2.43. The van der Waals surface area contributed by atoms with Crippen LogP contribution in [-0.4, -0.2) is 9.97 Å². The van der Waals surface area contributed by atoms with Crippen LogP contribution >= 0.6 is 11.6 Å². The second kappa shape index (κ2) is 5.13. The Balaban J connectivity index is 1.84. The van der Waals surface area contributed by atoms with Crippen LogP contribution in [-0.2, 0) is 12.8 Å². The summed E-state index contributed by atoms with van der Waals surface area (Å²) in [7, 11) is 0. The van der Waals surface area contributed by atoms with E-state index in [0.29, 0.717) is 11.5 Å². The fraction of sp³-hybridized carbons (Fsp3) is 0.286. The number of hydrogen-bond acceptors (Lipinski definition) is 3. The van der Waals surface area contributed by atoms with E-state index in [1.807, 2.05) is 0 Å². The molecule has 0 saturated heterocycles. The number of anilines is 2. The molecule has 3 rings (SSSR count). The Morgan fingerprint density at radius 1 is 1.16 bits per heavy atom. The van der Waals surface area contributed by atoms with Gasteiger partial charge in [0.1, 0.15) is 11.6 Å². The molecular formula is C14H13ClFN3. The van der Waals surface area contributed by atoms with Gasteiger partial charge in [-0.25, -0.2) is 9.37 Å². The number of fused-ring (bicyclic) bond motifs is 1. The van der Waals surface area contributed by atoms with Crippen LogP contribution in [0, 0.1) is 5.82 Å². The third kappa shape index (κ3) is 2.68. The molecule has 0 aliphatic heterocycles. The van der Waals surface area contributed by atoms with E-state index in [2.05, 4.69) is 15.3 Å². The first-order valence-corrected chi connectivity index (χ1v) is 6.67. The standard InChI is InChI=1S/C14H13ClFN3/c15-10-7-9(5-6-11(10)16)18-14-8-17-12-3-1-2-4-13(12)19-14/h5-8H,1-4H2,(H,18,19). The molecule has 1 aromatic carbocycles. The van der Waals surface area contributed by atoms with Gasteiger partial charge in [0.25, 0.3) is 0 Å². The minimum absolute atomic E-state index is 0.0934. The summed E-state index contributed by atoms with van der Waals surface area (Å²) >= 11 is 5.74. The lowest BCUT2D eigenvalue weighted by Crippen LogP contribution is -2.09. The fourth-order valence-electron chi connectivity index (χ4n) is 2.23. The van der Waals surface area contributed by atoms with Crippen molar-refractivity contribution >= 4 is 23.1 Å². The monoisotopic (exact) mass is 277 g/mol. The van der Waals surface area contributed by atoms with Crippen LogP contribution in [0.2, 0.25) is 5.02 Å². The Morgan fingerprint density at radius 2 is 1.95 bits per heavy atom. The minimum Gasteiger partial charge on any atom is -0.339 e. The third-order valence-electron chi connectivity index (χ3n) is 3.20. The Morgan fingerprint density at radius 3 is 2.74 bits per heavy atom. The molecule has 98 valence electrons. The predicted octanol–water partition coefficient (Wildman–Crippen LogP) is 3.89. The lowest BCUT2D eigenvalue weighted by Gasteiger charge is -2.15. The number of aromatic nitrogens is 2. The molecular weight excluding hydrogens is 265 g/mol. The zero-order valence-corrected chi connectivity index (χ0v) is 11.0. The highest BCUT2D eigenvalue weighted by molar-refractivity contribution is 6.31. The summed E-state index contributed by atoms with van der Waals surface area (Å²) in [6.45, 7) is 0. The van der Waals surface area contributed by atoms with Gasteiger partial charge < -0.3 is 5.32 Å². The van der Waals surface area contributed by atoms with Gasteiger partial charge in [0.05, 0.1) is 22.6 Å². The Labute approximate surface area is 115 Å². The largest absolute Gasteiger partial charge is 0.339 e. The Bertz CT molecular complexity index is 616. The number of nitrogens with zero attached hydrogens (tertiary/aromatic N) is 2. The molecule has 5 heteroatoms. The number of hydrogen-bond donors (Lipinski definition) is 1. The summed E-state index contributed by atoms with van der Waals surface area (Å²) in [5.74, 6) is 0.243. The van der Waals surface area contributed by atoms with Crippen molar-refractivity contribution in [3.05, 3.63) is 46.6 Å². The molecule has 1 aromatic heterocycles. The number of aryl methyl sites for hydroxylation is 2. The van der Waals surface area contributed by atoms with Gasteiger partial charge in [-0.15, -0.1) is 0 Å². The van der Waals surface area contributed by atoms with Gasteiger partial charge >= 0.3 is 0 Å². The maximum atomic E-state index is 13.1. The van der Waals surface area contributed by atoms with Gasteiger partial charge in [0, 0.05) is 5.69 Å². The number of halogens is 2. The first kappa shape index (κ1) is 12.4. The molecule has 2 aromatic rings. The van der Waals surface area contributed by atoms with E-state index < -0.39 is 5.82 Å². The van der Waals surface area contributed by atoms with Crippen molar-refractivity contribution in [2.24, 2.45) is 0 Å². The first-order valence-electron chi connectivity index (χ1n) is 6.29. The molecule has 0 atom stereocenters. The van der Waals surface area contributed by atoms with Crippen LogP contribution in [0.25, 0.3) is 0 Å². The number of benzene rings is 1. The fourth-order valence-corrected chi connectivity index (χ4v) is 2.41. The van der Waals surface area contributed by atoms with Gasteiger partial charge in [-0.1, -0.05) is 11.6 Å². The molecule has 1 aliphatic rings. The maximum Gasteiger partial charge on any atom is 0.149 e. The molecule has 0 amide bonds. The summed E-state index contributed by atoms with van der Waals surface area (Å²) in [5.41, 5.74) is 2.86. The zero-order valence-electron chi connectivity index (χ0n) is 10.3. The Hall–Kier alpha value is -1.68. The van der Waals surface area contributed by atoms with E-state index in [9.17, 15) is 4.39 Å². The first-order chi connectivity index (χ1) is 9.22. The minimum atomic E-state index is -0.427. The van der Waals surface area contributed by atoms with E-state index in [4.69, 9.17) is 11.6 Å². The van der Waals surface area contributed by atoms with Crippen LogP contribution in [0.5, 0.6) is 0 Å². The van der Waals surface area contributed by atoms with Crippen molar-refractivity contribution in [2.75, 3.05) is 5.32 Å². The van der Waals surface area contributed by atoms with Crippen molar-refractivity contribution < 1.29 is 4.39 Å². The van der Waals surface area contributed by atoms with Gasteiger partial charge in [0.15, 0.2) is 0 Å². The number of nitrogens with one attached hydrogen (secondary N) is 1. The molecule has 1 heterocycles. The normalized spacial score (nSPS) is 14.0. The topological polar surface area (TPSA) is 37.8 Å². The molecule has 0 fully saturated rings. The van der Waals surface area contributed by atoms with Crippen molar-refractivity contribution in [1.29, 1.82) is 0 Å². The molecule has 0 spiro atoms. The summed E-state index contributed by atoms with van der Waals surface area (Å²) in [6, 6.07) is 4.50. The van der Waals surface area contributed by atoms with E-state index >= 15 is 0 Å². The van der Waals surface area contributed by atoms with Crippen LogP contribution in [0.3, 0.4) is 0 Å². The second-order valence-corrected chi connectivity index (χ2v) is 5.02. The zero-order chi connectivity index (χ0) is 13.2. The van der Waals surface area contributed by atoms with E-state index in [1.165, 1.54) is 18.6 Å². The van der Waals surface area contributed by atoms with Crippen LogP contribution in [0.1, 0.15) is 24.2 Å². The SMILES string of the molecule is Fc1ccc(Nc2cnc3c(n2)CCCC3)cc1Cl. The molecule has 1 N–H and O–H groups in total. The molecule has 0 saturated carbocycles. The van der Waals surface area contributed by atoms with Gasteiger partial charge in [-0.2, -0.15) is 0 Å². The second-order valence-electron chi connectivity index (χ2n) is 4.61. The van der Waals surface area contributed by atoms with Crippen molar-refractivity contribution in [2.45, 2.75) is 25.7 Å². The molecule has 0 bridgehead atoms. The van der Waals surface area contributed by atoms with E-state index in [1.54, 1.807) is 12.3 Å². The van der Waals surface area contributed by atoms with E-state index in [0.717, 1.165) is 30.7 Å². The lowest BCUT2D eigenvalue weighted by molar-refractivity contribution is 0.628. The van der Waals surface area contributed by atoms with Crippen molar-refractivity contribution in [1.82, 2.24) is 9.97 Å². The van der Waals surface area contributed by atoms with E-state index in [-0.39, 0.29) is 5.02 Å². The third-order valence-corrected chi connectivity index (χ3v) is 3.49. The number of rotatable bonds is 2. The molecule has 0 unspecified atom stereocenters. The highest BCUT2D eigenvalue weighted by Crippen LogP contribution is 2.23. The summed E-state index contributed by atoms with van der Waals surface area (Å²) in [4.78, 5) is 8.97. The van der Waals surface area contributed by atoms with Gasteiger partial charge in [-0.05, 0) is 43.9 Å². The summed E-state index contributed by atoms with van der Waals surface area (Å²) in [5, 5.41) is 3.19. The average molecular weight is 278 g/mol. The van der Waals surface area contributed by atoms with Gasteiger partial charge in [0.2, 0.25) is 0 Å². The maximum absolute atomic E-state index is 13.1. The van der Waals surface area contributed by atoms with Crippen molar-refractivity contribution in [3.8, 4) is 0 Å². The summed E-state index contributed by atoms with van der Waals surface area (Å²) in [6.07, 6.45) is 6.03. The van der Waals surface area contributed by atoms with Crippen LogP contribution in [0.4, 0.5) is 15.9 Å². The highest BCUT2D eigenvalue weighted by Gasteiger charge is 2.12. The lowest BCUT2D eigenvalue weighted by atomic mass is 10.0.